The van der Waals surface area contributed by atoms with E-state index in [4.69, 9.17) is 10.5 Å². The van der Waals surface area contributed by atoms with Crippen LogP contribution in [0.5, 0.6) is 5.75 Å². The van der Waals surface area contributed by atoms with E-state index in [-0.39, 0.29) is 11.9 Å². The molecule has 1 aliphatic heterocycles. The maximum atomic E-state index is 13.6. The molecule has 1 unspecified atom stereocenters. The van der Waals surface area contributed by atoms with Gasteiger partial charge in [0.15, 0.2) is 0 Å². The fourth-order valence-corrected chi connectivity index (χ4v) is 2.70. The summed E-state index contributed by atoms with van der Waals surface area (Å²) >= 11 is 0. The van der Waals surface area contributed by atoms with E-state index < -0.39 is 0 Å². The first kappa shape index (κ1) is 13.1. The maximum absolute atomic E-state index is 13.6. The van der Waals surface area contributed by atoms with Gasteiger partial charge in [-0.3, -0.25) is 0 Å². The van der Waals surface area contributed by atoms with Crippen LogP contribution in [0.15, 0.2) is 36.4 Å². The van der Waals surface area contributed by atoms with Gasteiger partial charge in [-0.25, -0.2) is 4.39 Å². The molecule has 3 heteroatoms. The maximum Gasteiger partial charge on any atom is 0.123 e. The Kier molecular flexibility index (Phi) is 3.45. The van der Waals surface area contributed by atoms with Gasteiger partial charge in [0.2, 0.25) is 0 Å². The van der Waals surface area contributed by atoms with Crippen molar-refractivity contribution in [3.05, 3.63) is 53.3 Å². The van der Waals surface area contributed by atoms with Gasteiger partial charge in [-0.15, -0.1) is 0 Å². The van der Waals surface area contributed by atoms with Crippen LogP contribution in [0, 0.1) is 5.82 Å². The molecule has 20 heavy (non-hydrogen) atoms. The lowest BCUT2D eigenvalue weighted by molar-refractivity contribution is 0.288. The standard InChI is InChI=1S/C17H18FNO/c1-11(19)15-6-5-14(18)10-16(15)12-4-7-17-13(9-12)3-2-8-20-17/h4-7,9-11H,2-3,8,19H2,1H3. The summed E-state index contributed by atoms with van der Waals surface area (Å²) in [7, 11) is 0. The van der Waals surface area contributed by atoms with Crippen molar-refractivity contribution in [2.75, 3.05) is 6.61 Å². The van der Waals surface area contributed by atoms with E-state index >= 15 is 0 Å². The molecule has 0 aliphatic carbocycles. The van der Waals surface area contributed by atoms with Gasteiger partial charge in [0.05, 0.1) is 6.61 Å². The van der Waals surface area contributed by atoms with Crippen molar-refractivity contribution in [3.63, 3.8) is 0 Å². The smallest absolute Gasteiger partial charge is 0.123 e. The van der Waals surface area contributed by atoms with E-state index in [9.17, 15) is 4.39 Å². The topological polar surface area (TPSA) is 35.2 Å². The second-order valence-corrected chi connectivity index (χ2v) is 5.29. The van der Waals surface area contributed by atoms with Crippen molar-refractivity contribution < 1.29 is 9.13 Å². The Bertz CT molecular complexity index is 637. The summed E-state index contributed by atoms with van der Waals surface area (Å²) in [5, 5.41) is 0. The van der Waals surface area contributed by atoms with Crippen molar-refractivity contribution in [1.82, 2.24) is 0 Å². The Labute approximate surface area is 118 Å². The van der Waals surface area contributed by atoms with Crippen molar-refractivity contribution in [3.8, 4) is 16.9 Å². The van der Waals surface area contributed by atoms with Crippen LogP contribution in [-0.4, -0.2) is 6.61 Å². The van der Waals surface area contributed by atoms with Crippen LogP contribution in [0.4, 0.5) is 4.39 Å². The van der Waals surface area contributed by atoms with Gasteiger partial charge in [0.1, 0.15) is 11.6 Å². The van der Waals surface area contributed by atoms with Gasteiger partial charge in [-0.05, 0) is 66.3 Å². The predicted molar refractivity (Wildman–Crippen MR) is 78.3 cm³/mol. The summed E-state index contributed by atoms with van der Waals surface area (Å²) in [5.74, 6) is 0.706. The van der Waals surface area contributed by atoms with Gasteiger partial charge in [-0.2, -0.15) is 0 Å². The van der Waals surface area contributed by atoms with Crippen molar-refractivity contribution in [2.45, 2.75) is 25.8 Å². The fraction of sp³-hybridized carbons (Fsp3) is 0.294. The zero-order chi connectivity index (χ0) is 14.1. The summed E-state index contributed by atoms with van der Waals surface area (Å²) in [6.45, 7) is 2.69. The minimum Gasteiger partial charge on any atom is -0.493 e. The summed E-state index contributed by atoms with van der Waals surface area (Å²) in [4.78, 5) is 0. The molecule has 0 fully saturated rings. The molecule has 3 rings (SSSR count). The molecule has 0 aromatic heterocycles. The first-order valence-electron chi connectivity index (χ1n) is 6.96. The normalized spacial score (nSPS) is 15.3. The number of aryl methyl sites for hydroxylation is 1. The first-order chi connectivity index (χ1) is 9.65. The second-order valence-electron chi connectivity index (χ2n) is 5.29. The lowest BCUT2D eigenvalue weighted by Crippen LogP contribution is -2.09. The number of rotatable bonds is 2. The van der Waals surface area contributed by atoms with E-state index in [1.165, 1.54) is 11.6 Å². The minimum atomic E-state index is -0.238. The third kappa shape index (κ3) is 2.41. The highest BCUT2D eigenvalue weighted by atomic mass is 19.1. The van der Waals surface area contributed by atoms with Gasteiger partial charge in [-0.1, -0.05) is 12.1 Å². The van der Waals surface area contributed by atoms with Crippen LogP contribution in [0.1, 0.15) is 30.5 Å². The Hall–Kier alpha value is -1.87. The highest BCUT2D eigenvalue weighted by Crippen LogP contribution is 2.33. The average Bonchev–Trinajstić information content (AvgIpc) is 2.46. The lowest BCUT2D eigenvalue weighted by atomic mass is 9.93. The molecule has 104 valence electrons. The summed E-state index contributed by atoms with van der Waals surface area (Å²) < 4.78 is 19.2. The van der Waals surface area contributed by atoms with Crippen LogP contribution < -0.4 is 10.5 Å². The Morgan fingerprint density at radius 2 is 2.05 bits per heavy atom. The molecule has 0 bridgehead atoms. The number of hydrogen-bond acceptors (Lipinski definition) is 2. The Morgan fingerprint density at radius 3 is 2.85 bits per heavy atom. The Balaban J connectivity index is 2.10. The van der Waals surface area contributed by atoms with E-state index in [1.807, 2.05) is 19.1 Å². The van der Waals surface area contributed by atoms with Gasteiger partial charge in [0.25, 0.3) is 0 Å². The molecule has 2 N–H and O–H groups in total. The molecule has 1 atom stereocenters. The van der Waals surface area contributed by atoms with E-state index in [2.05, 4.69) is 6.07 Å². The fourth-order valence-electron chi connectivity index (χ4n) is 2.70. The van der Waals surface area contributed by atoms with Crippen LogP contribution in [0.3, 0.4) is 0 Å². The monoisotopic (exact) mass is 271 g/mol. The molecule has 2 aromatic rings. The minimum absolute atomic E-state index is 0.127. The zero-order valence-electron chi connectivity index (χ0n) is 11.5. The van der Waals surface area contributed by atoms with E-state index in [0.717, 1.165) is 41.9 Å². The van der Waals surface area contributed by atoms with Crippen molar-refractivity contribution >= 4 is 0 Å². The molecular weight excluding hydrogens is 253 g/mol. The molecule has 0 spiro atoms. The highest BCUT2D eigenvalue weighted by molar-refractivity contribution is 5.70. The molecule has 0 radical (unpaired) electrons. The zero-order valence-corrected chi connectivity index (χ0v) is 11.5. The SMILES string of the molecule is CC(N)c1ccc(F)cc1-c1ccc2c(c1)CCCO2. The molecule has 0 saturated carbocycles. The van der Waals surface area contributed by atoms with Crippen LogP contribution in [0.25, 0.3) is 11.1 Å². The molecule has 0 amide bonds. The quantitative estimate of drug-likeness (QED) is 0.900. The van der Waals surface area contributed by atoms with Crippen molar-refractivity contribution in [1.29, 1.82) is 0 Å². The lowest BCUT2D eigenvalue weighted by Gasteiger charge is -2.19. The summed E-state index contributed by atoms with van der Waals surface area (Å²) in [5.41, 5.74) is 10.0. The first-order valence-corrected chi connectivity index (χ1v) is 6.96. The molecular formula is C17H18FNO. The number of hydrogen-bond donors (Lipinski definition) is 1. The molecule has 1 heterocycles. The molecule has 1 aliphatic rings. The van der Waals surface area contributed by atoms with Crippen LogP contribution >= 0.6 is 0 Å². The number of nitrogens with two attached hydrogens (primary N) is 1. The van der Waals surface area contributed by atoms with Crippen LogP contribution in [0.2, 0.25) is 0 Å². The highest BCUT2D eigenvalue weighted by Gasteiger charge is 2.14. The summed E-state index contributed by atoms with van der Waals surface area (Å²) in [6.07, 6.45) is 2.03. The largest absolute Gasteiger partial charge is 0.493 e. The molecule has 0 saturated heterocycles. The van der Waals surface area contributed by atoms with Crippen LogP contribution in [-0.2, 0) is 6.42 Å². The number of fused-ring (bicyclic) bond motifs is 1. The molecule has 2 aromatic carbocycles. The van der Waals surface area contributed by atoms with E-state index in [1.54, 1.807) is 12.1 Å². The molecule has 2 nitrogen and oxygen atoms in total. The number of benzene rings is 2. The average molecular weight is 271 g/mol. The number of ether oxygens (including phenoxy) is 1. The second kappa shape index (κ2) is 5.25. The van der Waals surface area contributed by atoms with Crippen molar-refractivity contribution in [2.24, 2.45) is 5.73 Å². The van der Waals surface area contributed by atoms with Gasteiger partial charge < -0.3 is 10.5 Å². The summed E-state index contributed by atoms with van der Waals surface area (Å²) in [6, 6.07) is 10.7. The van der Waals surface area contributed by atoms with E-state index in [0.29, 0.717) is 0 Å². The van der Waals surface area contributed by atoms with Gasteiger partial charge in [0, 0.05) is 6.04 Å². The third-order valence-corrected chi connectivity index (χ3v) is 3.73. The van der Waals surface area contributed by atoms with Gasteiger partial charge >= 0.3 is 0 Å². The predicted octanol–water partition coefficient (Wildman–Crippen LogP) is 3.84. The third-order valence-electron chi connectivity index (χ3n) is 3.73. The number of halogens is 1. The Morgan fingerprint density at radius 1 is 1.20 bits per heavy atom.